The summed E-state index contributed by atoms with van der Waals surface area (Å²) < 4.78 is 3.30. The summed E-state index contributed by atoms with van der Waals surface area (Å²) in [4.78, 5) is 15.8. The van der Waals surface area contributed by atoms with Gasteiger partial charge in [0.1, 0.15) is 23.5 Å². The number of nitrogens with two attached hydrogens (primary N) is 1. The Hall–Kier alpha value is -4.71. The molecule has 162 valence electrons. The molecule has 0 fully saturated rings. The van der Waals surface area contributed by atoms with E-state index in [4.69, 9.17) is 15.8 Å². The largest absolute Gasteiger partial charge is 0.367 e. The van der Waals surface area contributed by atoms with Crippen LogP contribution in [0.5, 0.6) is 0 Å². The number of hydrogen-bond acceptors (Lipinski definition) is 7. The van der Waals surface area contributed by atoms with Crippen molar-refractivity contribution in [1.82, 2.24) is 29.2 Å². The van der Waals surface area contributed by atoms with Crippen LogP contribution in [0.1, 0.15) is 17.1 Å². The number of hydrogen-bond donors (Lipinski definition) is 1. The Balaban J connectivity index is 1.62. The number of benzene rings is 1. The average molecular weight is 435 g/mol. The summed E-state index contributed by atoms with van der Waals surface area (Å²) in [6.45, 7) is 2.38. The van der Waals surface area contributed by atoms with E-state index in [0.717, 1.165) is 28.3 Å². The molecule has 0 saturated carbocycles. The van der Waals surface area contributed by atoms with E-state index in [-0.39, 0.29) is 0 Å². The predicted molar refractivity (Wildman–Crippen MR) is 126 cm³/mol. The van der Waals surface area contributed by atoms with Crippen molar-refractivity contribution in [3.8, 4) is 28.7 Å². The fraction of sp³-hybridized carbons (Fsp3) is 0.125. The lowest BCUT2D eigenvalue weighted by Gasteiger charge is -2.19. The summed E-state index contributed by atoms with van der Waals surface area (Å²) >= 11 is 0. The highest BCUT2D eigenvalue weighted by molar-refractivity contribution is 5.77. The maximum Gasteiger partial charge on any atom is 0.155 e. The van der Waals surface area contributed by atoms with Gasteiger partial charge in [-0.2, -0.15) is 10.4 Å². The van der Waals surface area contributed by atoms with Gasteiger partial charge in [0.05, 0.1) is 23.9 Å². The number of imidazole rings is 1. The van der Waals surface area contributed by atoms with E-state index in [1.54, 1.807) is 15.3 Å². The van der Waals surface area contributed by atoms with E-state index in [9.17, 15) is 5.26 Å². The molecule has 0 bridgehead atoms. The van der Waals surface area contributed by atoms with Crippen molar-refractivity contribution in [2.45, 2.75) is 13.5 Å². The van der Waals surface area contributed by atoms with Crippen molar-refractivity contribution in [1.29, 1.82) is 5.26 Å². The molecule has 9 heteroatoms. The van der Waals surface area contributed by atoms with E-state index in [0.29, 0.717) is 29.3 Å². The van der Waals surface area contributed by atoms with Crippen LogP contribution in [0.2, 0.25) is 0 Å². The Morgan fingerprint density at radius 3 is 2.76 bits per heavy atom. The third-order valence-corrected chi connectivity index (χ3v) is 5.46. The summed E-state index contributed by atoms with van der Waals surface area (Å²) in [6.07, 6.45) is 3.40. The zero-order valence-corrected chi connectivity index (χ0v) is 18.2. The second-order valence-corrected chi connectivity index (χ2v) is 7.76. The Labute approximate surface area is 190 Å². The number of rotatable bonds is 5. The van der Waals surface area contributed by atoms with E-state index in [1.807, 2.05) is 73.6 Å². The molecule has 0 aliphatic carbocycles. The number of aromatic nitrogens is 6. The molecular weight excluding hydrogens is 414 g/mol. The molecule has 4 aromatic heterocycles. The lowest BCUT2D eigenvalue weighted by atomic mass is 10.1. The molecule has 5 rings (SSSR count). The molecule has 0 saturated heterocycles. The Kier molecular flexibility index (Phi) is 4.95. The van der Waals surface area contributed by atoms with Crippen LogP contribution in [0.15, 0.2) is 67.1 Å². The zero-order chi connectivity index (χ0) is 22.9. The van der Waals surface area contributed by atoms with Crippen LogP contribution in [0.25, 0.3) is 28.3 Å². The number of pyridine rings is 2. The number of nitriles is 1. The molecule has 0 aliphatic heterocycles. The minimum Gasteiger partial charge on any atom is -0.367 e. The first kappa shape index (κ1) is 20.2. The summed E-state index contributed by atoms with van der Waals surface area (Å²) in [7, 11) is 1.94. The van der Waals surface area contributed by atoms with Crippen molar-refractivity contribution in [2.24, 2.45) is 0 Å². The number of aryl methyl sites for hydroxylation is 1. The van der Waals surface area contributed by atoms with E-state index in [2.05, 4.69) is 16.2 Å². The Morgan fingerprint density at radius 1 is 1.09 bits per heavy atom. The van der Waals surface area contributed by atoms with Gasteiger partial charge in [-0.3, -0.25) is 4.98 Å². The number of nitrogen functional groups attached to an aromatic ring is 1. The lowest BCUT2D eigenvalue weighted by Crippen LogP contribution is -2.23. The molecule has 0 amide bonds. The van der Waals surface area contributed by atoms with Crippen LogP contribution < -0.4 is 10.7 Å². The zero-order valence-electron chi connectivity index (χ0n) is 18.2. The van der Waals surface area contributed by atoms with E-state index >= 15 is 0 Å². The van der Waals surface area contributed by atoms with Gasteiger partial charge in [0.2, 0.25) is 0 Å². The topological polar surface area (TPSA) is 114 Å². The minimum atomic E-state index is 0.440. The van der Waals surface area contributed by atoms with Gasteiger partial charge in [-0.15, -0.1) is 0 Å². The number of nitrogens with zero attached hydrogens (tertiary/aromatic N) is 8. The fourth-order valence-electron chi connectivity index (χ4n) is 3.78. The molecule has 2 N–H and O–H groups in total. The minimum absolute atomic E-state index is 0.440. The first-order chi connectivity index (χ1) is 16.0. The molecule has 0 unspecified atom stereocenters. The smallest absolute Gasteiger partial charge is 0.155 e. The highest BCUT2D eigenvalue weighted by atomic mass is 15.4. The van der Waals surface area contributed by atoms with Crippen LogP contribution >= 0.6 is 0 Å². The molecule has 4 heterocycles. The second-order valence-electron chi connectivity index (χ2n) is 7.76. The molecule has 0 atom stereocenters. The predicted octanol–water partition coefficient (Wildman–Crippen LogP) is 3.19. The summed E-state index contributed by atoms with van der Waals surface area (Å²) in [5.74, 6) is 7.26. The van der Waals surface area contributed by atoms with Gasteiger partial charge >= 0.3 is 0 Å². The summed E-state index contributed by atoms with van der Waals surface area (Å²) in [5, 5.41) is 13.5. The molecule has 0 radical (unpaired) electrons. The SMILES string of the molecule is Cc1cccc(-c2c(-c3ccc4ncnn4c3)nc(CN(C)c3cccc(C#N)c3)n2N)n1. The van der Waals surface area contributed by atoms with E-state index < -0.39 is 0 Å². The van der Waals surface area contributed by atoms with Crippen molar-refractivity contribution in [2.75, 3.05) is 17.8 Å². The monoisotopic (exact) mass is 435 g/mol. The molecule has 1 aromatic carbocycles. The van der Waals surface area contributed by atoms with Crippen molar-refractivity contribution in [3.05, 3.63) is 84.2 Å². The van der Waals surface area contributed by atoms with Crippen molar-refractivity contribution < 1.29 is 0 Å². The normalized spacial score (nSPS) is 10.9. The average Bonchev–Trinajstić information content (AvgIpc) is 3.43. The first-order valence-corrected chi connectivity index (χ1v) is 10.4. The number of anilines is 1. The van der Waals surface area contributed by atoms with Crippen molar-refractivity contribution >= 4 is 11.3 Å². The first-order valence-electron chi connectivity index (χ1n) is 10.4. The highest BCUT2D eigenvalue weighted by Gasteiger charge is 2.21. The quantitative estimate of drug-likeness (QED) is 0.422. The molecule has 5 aromatic rings. The van der Waals surface area contributed by atoms with E-state index in [1.165, 1.54) is 6.33 Å². The highest BCUT2D eigenvalue weighted by Crippen LogP contribution is 2.31. The number of fused-ring (bicyclic) bond motifs is 1. The molecule has 9 nitrogen and oxygen atoms in total. The van der Waals surface area contributed by atoms with Gasteiger partial charge in [0, 0.05) is 30.2 Å². The van der Waals surface area contributed by atoms with Crippen LogP contribution in [-0.2, 0) is 6.54 Å². The standard InChI is InChI=1S/C24H21N9/c1-16-5-3-8-20(29-16)24-23(18-9-10-21-27-15-28-32(21)13-18)30-22(33(24)26)14-31(2)19-7-4-6-17(11-19)12-25/h3-11,13,15H,14,26H2,1-2H3. The lowest BCUT2D eigenvalue weighted by molar-refractivity contribution is 0.795. The van der Waals surface area contributed by atoms with Gasteiger partial charge in [0.15, 0.2) is 5.65 Å². The maximum absolute atomic E-state index is 9.23. The second kappa shape index (κ2) is 8.09. The Bertz CT molecular complexity index is 1510. The fourth-order valence-corrected chi connectivity index (χ4v) is 3.78. The molecule has 0 aliphatic rings. The van der Waals surface area contributed by atoms with Gasteiger partial charge < -0.3 is 10.7 Å². The summed E-state index contributed by atoms with van der Waals surface area (Å²) in [6, 6.07) is 19.3. The van der Waals surface area contributed by atoms with Crippen LogP contribution in [-0.4, -0.2) is 36.3 Å². The summed E-state index contributed by atoms with van der Waals surface area (Å²) in [5.41, 5.74) is 6.15. The van der Waals surface area contributed by atoms with Gasteiger partial charge in [0.25, 0.3) is 0 Å². The van der Waals surface area contributed by atoms with Gasteiger partial charge in [-0.05, 0) is 49.4 Å². The Morgan fingerprint density at radius 2 is 1.94 bits per heavy atom. The van der Waals surface area contributed by atoms with Crippen LogP contribution in [0.4, 0.5) is 5.69 Å². The third kappa shape index (κ3) is 3.74. The molecule has 0 spiro atoms. The van der Waals surface area contributed by atoms with Gasteiger partial charge in [-0.25, -0.2) is 19.2 Å². The molecule has 33 heavy (non-hydrogen) atoms. The third-order valence-electron chi connectivity index (χ3n) is 5.46. The maximum atomic E-state index is 9.23. The van der Waals surface area contributed by atoms with Crippen LogP contribution in [0, 0.1) is 18.3 Å². The van der Waals surface area contributed by atoms with Crippen molar-refractivity contribution in [3.63, 3.8) is 0 Å². The van der Waals surface area contributed by atoms with Gasteiger partial charge in [-0.1, -0.05) is 12.1 Å². The molecular formula is C24H21N9. The van der Waals surface area contributed by atoms with Crippen LogP contribution in [0.3, 0.4) is 0 Å².